The van der Waals surface area contributed by atoms with Crippen molar-refractivity contribution >= 4 is 51.3 Å². The monoisotopic (exact) mass is 468 g/mol. The van der Waals surface area contributed by atoms with Gasteiger partial charge in [-0.1, -0.05) is 42.5 Å². The van der Waals surface area contributed by atoms with Gasteiger partial charge in [-0.15, -0.1) is 0 Å². The van der Waals surface area contributed by atoms with Gasteiger partial charge >= 0.3 is 6.03 Å². The van der Waals surface area contributed by atoms with Crippen LogP contribution in [0.15, 0.2) is 78.9 Å². The fraction of sp³-hybridized carbons (Fsp3) is 0.0476. The highest BCUT2D eigenvalue weighted by molar-refractivity contribution is 14.1. The number of carbonyl (C=O) groups excluding carboxylic acids is 1. The van der Waals surface area contributed by atoms with Crippen molar-refractivity contribution in [2.45, 2.75) is 6.54 Å². The van der Waals surface area contributed by atoms with Crippen LogP contribution in [0.4, 0.5) is 16.4 Å². The van der Waals surface area contributed by atoms with Crippen molar-refractivity contribution < 1.29 is 4.79 Å². The Morgan fingerprint density at radius 1 is 0.889 bits per heavy atom. The second kappa shape index (κ2) is 7.79. The molecule has 0 aliphatic rings. The van der Waals surface area contributed by atoms with E-state index in [1.807, 2.05) is 71.3 Å². The summed E-state index contributed by atoms with van der Waals surface area (Å²) in [5.41, 5.74) is 3.70. The lowest BCUT2D eigenvalue weighted by Gasteiger charge is -2.11. The Hall–Kier alpha value is -2.87. The van der Waals surface area contributed by atoms with Crippen molar-refractivity contribution in [3.05, 3.63) is 88.0 Å². The lowest BCUT2D eigenvalue weighted by Crippen LogP contribution is -2.22. The standard InChI is InChI=1S/C21H17IN4O/c22-16-10-12-17(13-11-16)23-21(27)25-20-24-18-8-4-5-9-19(18)26(20)14-15-6-2-1-3-7-15/h1-13H,14H2,(H2,23,24,25,27). The molecule has 1 aromatic heterocycles. The zero-order valence-corrected chi connectivity index (χ0v) is 16.6. The van der Waals surface area contributed by atoms with Gasteiger partial charge in [0, 0.05) is 9.26 Å². The van der Waals surface area contributed by atoms with E-state index in [0.717, 1.165) is 25.9 Å². The topological polar surface area (TPSA) is 59.0 Å². The van der Waals surface area contributed by atoms with Crippen LogP contribution in [0.5, 0.6) is 0 Å². The number of imidazole rings is 1. The molecule has 6 heteroatoms. The van der Waals surface area contributed by atoms with Gasteiger partial charge in [-0.25, -0.2) is 9.78 Å². The minimum absolute atomic E-state index is 0.319. The summed E-state index contributed by atoms with van der Waals surface area (Å²) in [6, 6.07) is 25.3. The van der Waals surface area contributed by atoms with Crippen molar-refractivity contribution in [1.82, 2.24) is 9.55 Å². The predicted octanol–water partition coefficient (Wildman–Crippen LogP) is 5.33. The molecule has 0 saturated carbocycles. The molecular weight excluding hydrogens is 451 g/mol. The molecule has 0 bridgehead atoms. The van der Waals surface area contributed by atoms with Crippen molar-refractivity contribution in [2.24, 2.45) is 0 Å². The van der Waals surface area contributed by atoms with Crippen molar-refractivity contribution in [3.8, 4) is 0 Å². The maximum Gasteiger partial charge on any atom is 0.326 e. The predicted molar refractivity (Wildman–Crippen MR) is 117 cm³/mol. The first-order valence-corrected chi connectivity index (χ1v) is 9.60. The molecule has 2 N–H and O–H groups in total. The third kappa shape index (κ3) is 4.11. The van der Waals surface area contributed by atoms with Gasteiger partial charge in [0.2, 0.25) is 5.95 Å². The highest BCUT2D eigenvalue weighted by Crippen LogP contribution is 2.21. The molecule has 5 nitrogen and oxygen atoms in total. The normalized spacial score (nSPS) is 10.7. The summed E-state index contributed by atoms with van der Waals surface area (Å²) < 4.78 is 3.13. The highest BCUT2D eigenvalue weighted by atomic mass is 127. The average Bonchev–Trinajstić information content (AvgIpc) is 3.01. The summed E-state index contributed by atoms with van der Waals surface area (Å²) in [6.07, 6.45) is 0. The SMILES string of the molecule is O=C(Nc1ccc(I)cc1)Nc1nc2ccccc2n1Cc1ccccc1. The van der Waals surface area contributed by atoms with E-state index >= 15 is 0 Å². The summed E-state index contributed by atoms with van der Waals surface area (Å²) in [5.74, 6) is 0.517. The Labute approximate surface area is 170 Å². The number of rotatable bonds is 4. The van der Waals surface area contributed by atoms with Gasteiger partial charge in [-0.2, -0.15) is 0 Å². The van der Waals surface area contributed by atoms with Crippen LogP contribution in [0.3, 0.4) is 0 Å². The number of aromatic nitrogens is 2. The van der Waals surface area contributed by atoms with E-state index in [-0.39, 0.29) is 6.03 Å². The summed E-state index contributed by atoms with van der Waals surface area (Å²) in [5, 5.41) is 5.73. The number of hydrogen-bond donors (Lipinski definition) is 2. The summed E-state index contributed by atoms with van der Waals surface area (Å²) in [7, 11) is 0. The maximum atomic E-state index is 12.5. The van der Waals surface area contributed by atoms with E-state index in [9.17, 15) is 4.79 Å². The van der Waals surface area contributed by atoms with Crippen molar-refractivity contribution in [3.63, 3.8) is 0 Å². The summed E-state index contributed by atoms with van der Waals surface area (Å²) in [4.78, 5) is 17.1. The van der Waals surface area contributed by atoms with E-state index in [1.54, 1.807) is 0 Å². The van der Waals surface area contributed by atoms with E-state index < -0.39 is 0 Å². The van der Waals surface area contributed by atoms with Gasteiger partial charge in [0.15, 0.2) is 0 Å². The molecule has 0 spiro atoms. The third-order valence-electron chi connectivity index (χ3n) is 4.17. The molecular formula is C21H17IN4O. The number of benzene rings is 3. The Bertz CT molecular complexity index is 1070. The lowest BCUT2D eigenvalue weighted by molar-refractivity contribution is 0.262. The molecule has 0 saturated heterocycles. The highest BCUT2D eigenvalue weighted by Gasteiger charge is 2.13. The number of hydrogen-bond acceptors (Lipinski definition) is 2. The third-order valence-corrected chi connectivity index (χ3v) is 4.88. The van der Waals surface area contributed by atoms with Crippen LogP contribution in [-0.2, 0) is 6.54 Å². The number of amides is 2. The lowest BCUT2D eigenvalue weighted by atomic mass is 10.2. The number of fused-ring (bicyclic) bond motifs is 1. The number of anilines is 2. The van der Waals surface area contributed by atoms with Crippen LogP contribution >= 0.6 is 22.6 Å². The number of carbonyl (C=O) groups is 1. The zero-order chi connectivity index (χ0) is 18.6. The summed E-state index contributed by atoms with van der Waals surface area (Å²) in [6.45, 7) is 0.625. The number of nitrogens with one attached hydrogen (secondary N) is 2. The quantitative estimate of drug-likeness (QED) is 0.398. The molecule has 3 aromatic carbocycles. The van der Waals surface area contributed by atoms with Crippen LogP contribution in [0, 0.1) is 3.57 Å². The Balaban J connectivity index is 1.61. The fourth-order valence-corrected chi connectivity index (χ4v) is 3.25. The van der Waals surface area contributed by atoms with Gasteiger partial charge in [0.1, 0.15) is 0 Å². The first-order chi connectivity index (χ1) is 13.2. The largest absolute Gasteiger partial charge is 0.326 e. The molecule has 4 aromatic rings. The van der Waals surface area contributed by atoms with E-state index in [4.69, 9.17) is 0 Å². The Morgan fingerprint density at radius 2 is 1.59 bits per heavy atom. The molecule has 0 fully saturated rings. The molecule has 134 valence electrons. The van der Waals surface area contributed by atoms with Crippen molar-refractivity contribution in [1.29, 1.82) is 0 Å². The second-order valence-corrected chi connectivity index (χ2v) is 7.33. The molecule has 0 radical (unpaired) electrons. The van der Waals surface area contributed by atoms with Crippen LogP contribution in [0.1, 0.15) is 5.56 Å². The molecule has 4 rings (SSSR count). The number of urea groups is 1. The minimum atomic E-state index is -0.319. The zero-order valence-electron chi connectivity index (χ0n) is 14.4. The Kier molecular flexibility index (Phi) is 5.06. The smallest absolute Gasteiger partial charge is 0.308 e. The molecule has 2 amide bonds. The van der Waals surface area contributed by atoms with Gasteiger partial charge in [0.05, 0.1) is 17.6 Å². The van der Waals surface area contributed by atoms with E-state index in [2.05, 4.69) is 50.3 Å². The molecule has 0 aliphatic heterocycles. The first kappa shape index (κ1) is 17.5. The van der Waals surface area contributed by atoms with Gasteiger partial charge in [-0.3, -0.25) is 5.32 Å². The summed E-state index contributed by atoms with van der Waals surface area (Å²) >= 11 is 2.23. The van der Waals surface area contributed by atoms with E-state index in [0.29, 0.717) is 12.5 Å². The van der Waals surface area contributed by atoms with Crippen LogP contribution in [-0.4, -0.2) is 15.6 Å². The molecule has 0 unspecified atom stereocenters. The van der Waals surface area contributed by atoms with E-state index in [1.165, 1.54) is 0 Å². The minimum Gasteiger partial charge on any atom is -0.308 e. The van der Waals surface area contributed by atoms with Gasteiger partial charge in [-0.05, 0) is 64.6 Å². The number of nitrogens with zero attached hydrogens (tertiary/aromatic N) is 2. The fourth-order valence-electron chi connectivity index (χ4n) is 2.89. The van der Waals surface area contributed by atoms with Crippen LogP contribution in [0.25, 0.3) is 11.0 Å². The average molecular weight is 468 g/mol. The molecule has 1 heterocycles. The van der Waals surface area contributed by atoms with Crippen LogP contribution in [0.2, 0.25) is 0 Å². The molecule has 27 heavy (non-hydrogen) atoms. The number of halogens is 1. The van der Waals surface area contributed by atoms with Crippen LogP contribution < -0.4 is 10.6 Å². The van der Waals surface area contributed by atoms with Gasteiger partial charge in [0.25, 0.3) is 0 Å². The molecule has 0 aliphatic carbocycles. The second-order valence-electron chi connectivity index (χ2n) is 6.08. The maximum absolute atomic E-state index is 12.5. The Morgan fingerprint density at radius 3 is 2.37 bits per heavy atom. The number of para-hydroxylation sites is 2. The van der Waals surface area contributed by atoms with Crippen molar-refractivity contribution in [2.75, 3.05) is 10.6 Å². The first-order valence-electron chi connectivity index (χ1n) is 8.52. The van der Waals surface area contributed by atoms with Gasteiger partial charge < -0.3 is 9.88 Å². The molecule has 0 atom stereocenters.